The first-order valence-corrected chi connectivity index (χ1v) is 9.45. The van der Waals surface area contributed by atoms with Crippen LogP contribution in [0.1, 0.15) is 37.8 Å². The summed E-state index contributed by atoms with van der Waals surface area (Å²) in [5, 5.41) is 7.28. The third-order valence-corrected chi connectivity index (χ3v) is 4.82. The van der Waals surface area contributed by atoms with Gasteiger partial charge in [0.15, 0.2) is 0 Å². The Hall–Kier alpha value is -1.50. The van der Waals surface area contributed by atoms with E-state index in [0.29, 0.717) is 13.0 Å². The summed E-state index contributed by atoms with van der Waals surface area (Å²) in [6.07, 6.45) is 6.64. The number of hydrogen-bond donors (Lipinski definition) is 1. The topological polar surface area (TPSA) is 67.2 Å². The van der Waals surface area contributed by atoms with Gasteiger partial charge in [-0.25, -0.2) is 0 Å². The van der Waals surface area contributed by atoms with Crippen molar-refractivity contribution in [3.05, 3.63) is 18.0 Å². The van der Waals surface area contributed by atoms with Crippen molar-refractivity contribution in [3.8, 4) is 0 Å². The molecule has 0 aliphatic carbocycles. The number of carbonyl (C=O) groups is 2. The lowest BCUT2D eigenvalue weighted by Gasteiger charge is -2.34. The van der Waals surface area contributed by atoms with Crippen LogP contribution in [0.15, 0.2) is 12.3 Å². The van der Waals surface area contributed by atoms with Gasteiger partial charge in [-0.1, -0.05) is 0 Å². The molecule has 1 N–H and O–H groups in total. The van der Waals surface area contributed by atoms with E-state index in [2.05, 4.69) is 10.4 Å². The van der Waals surface area contributed by atoms with Crippen LogP contribution in [0, 0.1) is 0 Å². The summed E-state index contributed by atoms with van der Waals surface area (Å²) >= 11 is 1.69. The van der Waals surface area contributed by atoms with Crippen LogP contribution in [0.5, 0.6) is 0 Å². The molecule has 7 heteroatoms. The molecular formula is C16H26N4O2S. The number of aromatic nitrogens is 2. The second-order valence-corrected chi connectivity index (χ2v) is 7.06. The fourth-order valence-corrected chi connectivity index (χ4v) is 3.50. The van der Waals surface area contributed by atoms with Gasteiger partial charge in [0.05, 0.1) is 5.69 Å². The van der Waals surface area contributed by atoms with E-state index in [1.165, 1.54) is 6.92 Å². The van der Waals surface area contributed by atoms with E-state index in [4.69, 9.17) is 0 Å². The van der Waals surface area contributed by atoms with Gasteiger partial charge in [-0.05, 0) is 37.3 Å². The molecule has 2 heterocycles. The van der Waals surface area contributed by atoms with Crippen LogP contribution in [-0.2, 0) is 16.6 Å². The van der Waals surface area contributed by atoms with E-state index >= 15 is 0 Å². The third-order valence-electron chi connectivity index (χ3n) is 4.17. The zero-order valence-corrected chi connectivity index (χ0v) is 14.9. The third kappa shape index (κ3) is 4.99. The van der Waals surface area contributed by atoms with Gasteiger partial charge >= 0.3 is 0 Å². The number of likely N-dealkylation sites (tertiary alicyclic amines) is 1. The summed E-state index contributed by atoms with van der Waals surface area (Å²) in [5.74, 6) is 1.03. The highest BCUT2D eigenvalue weighted by molar-refractivity contribution is 7.98. The predicted octanol–water partition coefficient (Wildman–Crippen LogP) is 1.38. The van der Waals surface area contributed by atoms with Crippen molar-refractivity contribution in [2.75, 3.05) is 25.1 Å². The van der Waals surface area contributed by atoms with Gasteiger partial charge in [0.2, 0.25) is 11.8 Å². The Morgan fingerprint density at radius 2 is 2.30 bits per heavy atom. The van der Waals surface area contributed by atoms with Crippen molar-refractivity contribution < 1.29 is 9.59 Å². The van der Waals surface area contributed by atoms with E-state index in [0.717, 1.165) is 30.8 Å². The highest BCUT2D eigenvalue weighted by Crippen LogP contribution is 2.26. The van der Waals surface area contributed by atoms with Crippen LogP contribution in [-0.4, -0.2) is 57.6 Å². The van der Waals surface area contributed by atoms with Crippen molar-refractivity contribution in [2.45, 2.75) is 38.1 Å². The SMILES string of the molecule is CSCC[C@H](NC(C)=O)C(=O)N1CCC[C@@H](c2ccn(C)n2)C1. The van der Waals surface area contributed by atoms with Crippen molar-refractivity contribution in [1.82, 2.24) is 20.0 Å². The van der Waals surface area contributed by atoms with Gasteiger partial charge in [-0.15, -0.1) is 0 Å². The van der Waals surface area contributed by atoms with E-state index in [-0.39, 0.29) is 17.7 Å². The Balaban J connectivity index is 2.02. The number of carbonyl (C=O) groups excluding carboxylic acids is 2. The zero-order valence-electron chi connectivity index (χ0n) is 14.1. The maximum atomic E-state index is 12.8. The number of hydrogen-bond acceptors (Lipinski definition) is 4. The number of thioether (sulfide) groups is 1. The van der Waals surface area contributed by atoms with Crippen LogP contribution in [0.25, 0.3) is 0 Å². The Labute approximate surface area is 142 Å². The van der Waals surface area contributed by atoms with E-state index in [9.17, 15) is 9.59 Å². The number of amides is 2. The first-order valence-electron chi connectivity index (χ1n) is 8.05. The summed E-state index contributed by atoms with van der Waals surface area (Å²) in [4.78, 5) is 26.1. The molecule has 0 bridgehead atoms. The molecule has 1 fully saturated rings. The Morgan fingerprint density at radius 1 is 1.52 bits per heavy atom. The molecule has 0 spiro atoms. The molecule has 0 unspecified atom stereocenters. The maximum absolute atomic E-state index is 12.8. The molecule has 1 aliphatic rings. The molecule has 128 valence electrons. The molecule has 2 atom stereocenters. The average Bonchev–Trinajstić information content (AvgIpc) is 2.97. The number of nitrogens with one attached hydrogen (secondary N) is 1. The molecule has 0 radical (unpaired) electrons. The predicted molar refractivity (Wildman–Crippen MR) is 92.4 cm³/mol. The highest BCUT2D eigenvalue weighted by Gasteiger charge is 2.30. The summed E-state index contributed by atoms with van der Waals surface area (Å²) < 4.78 is 1.80. The number of piperidine rings is 1. The molecule has 1 aromatic rings. The lowest BCUT2D eigenvalue weighted by atomic mass is 9.94. The van der Waals surface area contributed by atoms with Crippen molar-refractivity contribution >= 4 is 23.6 Å². The summed E-state index contributed by atoms with van der Waals surface area (Å²) in [6.45, 7) is 2.91. The van der Waals surface area contributed by atoms with Crippen molar-refractivity contribution in [3.63, 3.8) is 0 Å². The Morgan fingerprint density at radius 3 is 2.91 bits per heavy atom. The van der Waals surface area contributed by atoms with Crippen LogP contribution in [0.3, 0.4) is 0 Å². The van der Waals surface area contributed by atoms with Gasteiger partial charge in [0.25, 0.3) is 0 Å². The molecule has 0 aromatic carbocycles. The zero-order chi connectivity index (χ0) is 16.8. The minimum absolute atomic E-state index is 0.0369. The quantitative estimate of drug-likeness (QED) is 0.851. The van der Waals surface area contributed by atoms with E-state index in [1.807, 2.05) is 30.5 Å². The molecule has 2 rings (SSSR count). The summed E-state index contributed by atoms with van der Waals surface area (Å²) in [7, 11) is 1.91. The minimum Gasteiger partial charge on any atom is -0.345 e. The van der Waals surface area contributed by atoms with Gasteiger partial charge < -0.3 is 10.2 Å². The van der Waals surface area contributed by atoms with Crippen molar-refractivity contribution in [1.29, 1.82) is 0 Å². The lowest BCUT2D eigenvalue weighted by Crippen LogP contribution is -2.50. The monoisotopic (exact) mass is 338 g/mol. The molecule has 1 aromatic heterocycles. The van der Waals surface area contributed by atoms with Gasteiger partial charge in [0, 0.05) is 39.2 Å². The Bertz CT molecular complexity index is 546. The molecular weight excluding hydrogens is 312 g/mol. The standard InChI is InChI=1S/C16H26N4O2S/c1-12(21)17-15(7-10-23-3)16(22)20-8-4-5-13(11-20)14-6-9-19(2)18-14/h6,9,13,15H,4-5,7-8,10-11H2,1-3H3,(H,17,21)/t13-,15+/m1/s1. The maximum Gasteiger partial charge on any atom is 0.245 e. The van der Waals surface area contributed by atoms with Gasteiger partial charge in [-0.2, -0.15) is 16.9 Å². The lowest BCUT2D eigenvalue weighted by molar-refractivity contribution is -0.137. The smallest absolute Gasteiger partial charge is 0.245 e. The van der Waals surface area contributed by atoms with Gasteiger partial charge in [-0.3, -0.25) is 14.3 Å². The van der Waals surface area contributed by atoms with E-state index in [1.54, 1.807) is 16.4 Å². The molecule has 1 aliphatic heterocycles. The molecule has 2 amide bonds. The van der Waals surface area contributed by atoms with Crippen molar-refractivity contribution in [2.24, 2.45) is 7.05 Å². The number of nitrogens with zero attached hydrogens (tertiary/aromatic N) is 3. The molecule has 6 nitrogen and oxygen atoms in total. The Kier molecular flexibility index (Phi) is 6.50. The number of rotatable bonds is 6. The molecule has 23 heavy (non-hydrogen) atoms. The second-order valence-electron chi connectivity index (χ2n) is 6.07. The average molecular weight is 338 g/mol. The van der Waals surface area contributed by atoms with E-state index < -0.39 is 6.04 Å². The largest absolute Gasteiger partial charge is 0.345 e. The van der Waals surface area contributed by atoms with Gasteiger partial charge in [0.1, 0.15) is 6.04 Å². The minimum atomic E-state index is -0.414. The first-order chi connectivity index (χ1) is 11.0. The summed E-state index contributed by atoms with van der Waals surface area (Å²) in [6, 6.07) is 1.61. The normalized spacial score (nSPS) is 19.4. The van der Waals surface area contributed by atoms with Crippen LogP contribution in [0.2, 0.25) is 0 Å². The summed E-state index contributed by atoms with van der Waals surface area (Å²) in [5.41, 5.74) is 1.05. The fourth-order valence-electron chi connectivity index (χ4n) is 3.03. The molecule has 0 saturated carbocycles. The molecule has 1 saturated heterocycles. The fraction of sp³-hybridized carbons (Fsp3) is 0.688. The van der Waals surface area contributed by atoms with Crippen LogP contribution < -0.4 is 5.32 Å². The van der Waals surface area contributed by atoms with Crippen LogP contribution >= 0.6 is 11.8 Å². The first kappa shape index (κ1) is 17.8. The van der Waals surface area contributed by atoms with Crippen LogP contribution in [0.4, 0.5) is 0 Å². The number of aryl methyl sites for hydroxylation is 1. The highest BCUT2D eigenvalue weighted by atomic mass is 32.2. The second kappa shape index (κ2) is 8.38.